The number of non-ortho nitro benzene ring substituents is 1. The Morgan fingerprint density at radius 3 is 2.44 bits per heavy atom. The van der Waals surface area contributed by atoms with E-state index in [-0.39, 0.29) is 23.5 Å². The number of rotatable bonds is 5. The lowest BCUT2D eigenvalue weighted by molar-refractivity contribution is -0.384. The molecule has 1 N–H and O–H groups in total. The van der Waals surface area contributed by atoms with Crippen molar-refractivity contribution in [2.75, 3.05) is 23.3 Å². The van der Waals surface area contributed by atoms with Crippen LogP contribution in [0.3, 0.4) is 0 Å². The fourth-order valence-electron chi connectivity index (χ4n) is 4.09. The highest BCUT2D eigenvalue weighted by atomic mass is 32.1. The van der Waals surface area contributed by atoms with Crippen molar-refractivity contribution in [2.24, 2.45) is 5.92 Å². The van der Waals surface area contributed by atoms with Crippen molar-refractivity contribution in [3.05, 3.63) is 57.2 Å². The molecule has 5 rings (SSSR count). The Kier molecular flexibility index (Phi) is 5.65. The van der Waals surface area contributed by atoms with Crippen LogP contribution in [0.4, 0.5) is 17.6 Å². The number of nitrogens with zero attached hydrogens (tertiary/aromatic N) is 7. The van der Waals surface area contributed by atoms with Crippen LogP contribution in [-0.4, -0.2) is 48.5 Å². The van der Waals surface area contributed by atoms with Crippen molar-refractivity contribution < 1.29 is 9.72 Å². The monoisotopic (exact) mass is 478 g/mol. The number of thiazole rings is 1. The fraction of sp³-hybridized carbons (Fsp3) is 0.318. The van der Waals surface area contributed by atoms with Crippen molar-refractivity contribution in [1.29, 1.82) is 0 Å². The van der Waals surface area contributed by atoms with E-state index in [0.717, 1.165) is 22.6 Å². The van der Waals surface area contributed by atoms with Crippen LogP contribution < -0.4 is 10.2 Å². The van der Waals surface area contributed by atoms with Gasteiger partial charge in [0, 0.05) is 53.5 Å². The summed E-state index contributed by atoms with van der Waals surface area (Å²) in [5.41, 5.74) is 3.42. The van der Waals surface area contributed by atoms with Gasteiger partial charge in [-0.2, -0.15) is 4.98 Å². The molecule has 1 aliphatic heterocycles. The van der Waals surface area contributed by atoms with E-state index < -0.39 is 4.92 Å². The van der Waals surface area contributed by atoms with Gasteiger partial charge in [0.05, 0.1) is 10.6 Å². The first-order chi connectivity index (χ1) is 16.4. The predicted octanol–water partition coefficient (Wildman–Crippen LogP) is 3.63. The number of aryl methyl sites for hydroxylation is 2. The lowest BCUT2D eigenvalue weighted by Gasteiger charge is -2.31. The topological polar surface area (TPSA) is 131 Å². The number of fused-ring (bicyclic) bond motifs is 1. The second kappa shape index (κ2) is 8.78. The van der Waals surface area contributed by atoms with Crippen LogP contribution in [0.15, 0.2) is 35.7 Å². The standard InChI is InChI=1S/C22H22N8O3S/c1-13-11-14(2)24-21(23-13)28-9-7-16(8-10-28)19(31)25-20-26-22-29(27-20)18(12-34-22)15-3-5-17(6-4-15)30(32)33/h3-6,11-12,16H,7-10H2,1-2H3,(H,25,27,31). The van der Waals surface area contributed by atoms with Crippen LogP contribution in [0.5, 0.6) is 0 Å². The zero-order valence-corrected chi connectivity index (χ0v) is 19.4. The molecule has 4 aromatic rings. The Labute approximate surface area is 198 Å². The zero-order valence-electron chi connectivity index (χ0n) is 18.6. The number of benzene rings is 1. The third kappa shape index (κ3) is 4.31. The number of nitrogens with one attached hydrogen (secondary N) is 1. The number of carbonyl (C=O) groups is 1. The molecule has 1 aliphatic rings. The third-order valence-electron chi connectivity index (χ3n) is 5.81. The SMILES string of the molecule is Cc1cc(C)nc(N2CCC(C(=O)Nc3nc4scc(-c5ccc([N+](=O)[O-])cc5)n4n3)CC2)n1. The Morgan fingerprint density at radius 2 is 1.79 bits per heavy atom. The quantitative estimate of drug-likeness (QED) is 0.340. The lowest BCUT2D eigenvalue weighted by Crippen LogP contribution is -2.39. The number of amides is 1. The van der Waals surface area contributed by atoms with Gasteiger partial charge in [-0.15, -0.1) is 16.4 Å². The van der Waals surface area contributed by atoms with Crippen molar-refractivity contribution >= 4 is 39.8 Å². The summed E-state index contributed by atoms with van der Waals surface area (Å²) in [6, 6.07) is 8.20. The Balaban J connectivity index is 1.25. The summed E-state index contributed by atoms with van der Waals surface area (Å²) < 4.78 is 1.64. The summed E-state index contributed by atoms with van der Waals surface area (Å²) in [5, 5.41) is 20.1. The number of anilines is 2. The third-order valence-corrected chi connectivity index (χ3v) is 6.63. The lowest BCUT2D eigenvalue weighted by atomic mass is 9.96. The van der Waals surface area contributed by atoms with Gasteiger partial charge in [0.2, 0.25) is 22.8 Å². The maximum Gasteiger partial charge on any atom is 0.269 e. The second-order valence-electron chi connectivity index (χ2n) is 8.26. The van der Waals surface area contributed by atoms with E-state index in [1.807, 2.05) is 25.3 Å². The molecule has 0 spiro atoms. The molecule has 0 bridgehead atoms. The molecule has 3 aromatic heterocycles. The maximum absolute atomic E-state index is 12.9. The molecule has 0 unspecified atom stereocenters. The summed E-state index contributed by atoms with van der Waals surface area (Å²) in [6.45, 7) is 5.32. The van der Waals surface area contributed by atoms with Gasteiger partial charge in [0.25, 0.3) is 5.69 Å². The highest BCUT2D eigenvalue weighted by molar-refractivity contribution is 7.15. The molecular formula is C22H22N8O3S. The van der Waals surface area contributed by atoms with Gasteiger partial charge in [-0.05, 0) is 44.9 Å². The minimum absolute atomic E-state index is 0.0249. The Bertz CT molecular complexity index is 1350. The summed E-state index contributed by atoms with van der Waals surface area (Å²) in [7, 11) is 0. The average Bonchev–Trinajstić information content (AvgIpc) is 3.39. The van der Waals surface area contributed by atoms with Crippen LogP contribution >= 0.6 is 11.3 Å². The summed E-state index contributed by atoms with van der Waals surface area (Å²) in [4.78, 5) is 39.5. The fourth-order valence-corrected chi connectivity index (χ4v) is 4.92. The molecular weight excluding hydrogens is 456 g/mol. The van der Waals surface area contributed by atoms with Gasteiger partial charge in [-0.3, -0.25) is 20.2 Å². The number of carbonyl (C=O) groups excluding carboxylic acids is 1. The van der Waals surface area contributed by atoms with Gasteiger partial charge in [-0.1, -0.05) is 0 Å². The molecule has 1 fully saturated rings. The number of aromatic nitrogens is 5. The van der Waals surface area contributed by atoms with Crippen LogP contribution in [-0.2, 0) is 4.79 Å². The first kappa shape index (κ1) is 21.9. The van der Waals surface area contributed by atoms with Crippen molar-refractivity contribution in [1.82, 2.24) is 24.6 Å². The molecule has 4 heterocycles. The predicted molar refractivity (Wildman–Crippen MR) is 128 cm³/mol. The normalized spacial score (nSPS) is 14.5. The molecule has 0 atom stereocenters. The number of hydrogen-bond acceptors (Lipinski definition) is 9. The van der Waals surface area contributed by atoms with Crippen LogP contribution in [0.25, 0.3) is 16.2 Å². The summed E-state index contributed by atoms with van der Waals surface area (Å²) in [5.74, 6) is 0.722. The van der Waals surface area contributed by atoms with Gasteiger partial charge >= 0.3 is 0 Å². The van der Waals surface area contributed by atoms with Gasteiger partial charge in [-0.25, -0.2) is 14.5 Å². The minimum atomic E-state index is -0.435. The molecule has 1 aromatic carbocycles. The molecule has 0 saturated carbocycles. The van der Waals surface area contributed by atoms with Crippen LogP contribution in [0.1, 0.15) is 24.2 Å². The number of piperidine rings is 1. The maximum atomic E-state index is 12.9. The van der Waals surface area contributed by atoms with E-state index in [9.17, 15) is 14.9 Å². The Morgan fingerprint density at radius 1 is 1.12 bits per heavy atom. The van der Waals surface area contributed by atoms with E-state index in [1.165, 1.54) is 23.5 Å². The minimum Gasteiger partial charge on any atom is -0.341 e. The van der Waals surface area contributed by atoms with Gasteiger partial charge < -0.3 is 4.90 Å². The van der Waals surface area contributed by atoms with Gasteiger partial charge in [0.1, 0.15) is 0 Å². The first-order valence-electron chi connectivity index (χ1n) is 10.8. The number of hydrogen-bond donors (Lipinski definition) is 1. The van der Waals surface area contributed by atoms with E-state index in [4.69, 9.17) is 0 Å². The molecule has 34 heavy (non-hydrogen) atoms. The Hall–Kier alpha value is -3.93. The molecule has 11 nitrogen and oxygen atoms in total. The second-order valence-corrected chi connectivity index (χ2v) is 9.09. The molecule has 0 aliphatic carbocycles. The summed E-state index contributed by atoms with van der Waals surface area (Å²) >= 11 is 1.39. The van der Waals surface area contributed by atoms with Gasteiger partial charge in [0.15, 0.2) is 0 Å². The van der Waals surface area contributed by atoms with Crippen molar-refractivity contribution in [2.45, 2.75) is 26.7 Å². The average molecular weight is 479 g/mol. The number of nitro groups is 1. The molecule has 0 radical (unpaired) electrons. The molecule has 1 amide bonds. The highest BCUT2D eigenvalue weighted by Crippen LogP contribution is 2.28. The number of nitro benzene ring substituents is 1. The molecule has 174 valence electrons. The molecule has 12 heteroatoms. The van der Waals surface area contributed by atoms with E-state index in [1.54, 1.807) is 16.6 Å². The molecule has 1 saturated heterocycles. The van der Waals surface area contributed by atoms with Crippen molar-refractivity contribution in [3.63, 3.8) is 0 Å². The van der Waals surface area contributed by atoms with E-state index in [0.29, 0.717) is 36.8 Å². The van der Waals surface area contributed by atoms with Crippen LogP contribution in [0, 0.1) is 29.9 Å². The zero-order chi connectivity index (χ0) is 23.8. The van der Waals surface area contributed by atoms with E-state index >= 15 is 0 Å². The summed E-state index contributed by atoms with van der Waals surface area (Å²) in [6.07, 6.45) is 1.39. The van der Waals surface area contributed by atoms with Crippen molar-refractivity contribution in [3.8, 4) is 11.3 Å². The van der Waals surface area contributed by atoms with Crippen LogP contribution in [0.2, 0.25) is 0 Å². The first-order valence-corrected chi connectivity index (χ1v) is 11.7. The largest absolute Gasteiger partial charge is 0.341 e. The smallest absolute Gasteiger partial charge is 0.269 e. The highest BCUT2D eigenvalue weighted by Gasteiger charge is 2.27. The van der Waals surface area contributed by atoms with E-state index in [2.05, 4.69) is 30.3 Å².